The minimum atomic E-state index is -1.10. The van der Waals surface area contributed by atoms with Crippen molar-refractivity contribution in [2.75, 3.05) is 19.7 Å². The lowest BCUT2D eigenvalue weighted by Gasteiger charge is -2.37. The number of nitrogens with one attached hydrogen (secondary N) is 2. The summed E-state index contributed by atoms with van der Waals surface area (Å²) >= 11 is 0. The Kier molecular flexibility index (Phi) is 8.79. The van der Waals surface area contributed by atoms with Crippen LogP contribution in [-0.4, -0.2) is 64.3 Å². The Morgan fingerprint density at radius 2 is 1.61 bits per heavy atom. The molecule has 0 bridgehead atoms. The van der Waals surface area contributed by atoms with Crippen LogP contribution >= 0.6 is 0 Å². The van der Waals surface area contributed by atoms with Gasteiger partial charge in [-0.2, -0.15) is 0 Å². The van der Waals surface area contributed by atoms with Crippen molar-refractivity contribution in [3.63, 3.8) is 0 Å². The summed E-state index contributed by atoms with van der Waals surface area (Å²) in [6.45, 7) is 11.3. The van der Waals surface area contributed by atoms with Crippen LogP contribution in [0, 0.1) is 0 Å². The topological polar surface area (TPSA) is 102 Å². The molecule has 2 aliphatic heterocycles. The van der Waals surface area contributed by atoms with E-state index >= 15 is 0 Å². The number of rotatable bonds is 5. The van der Waals surface area contributed by atoms with Gasteiger partial charge in [-0.1, -0.05) is 37.5 Å². The summed E-state index contributed by atoms with van der Waals surface area (Å²) in [6, 6.07) is 14.2. The first-order valence-corrected chi connectivity index (χ1v) is 16.9. The summed E-state index contributed by atoms with van der Waals surface area (Å²) in [4.78, 5) is 41.3. The Labute approximate surface area is 272 Å². The van der Waals surface area contributed by atoms with E-state index in [1.165, 1.54) is 48.7 Å². The summed E-state index contributed by atoms with van der Waals surface area (Å²) in [5.74, 6) is 0.965. The molecule has 3 aromatic rings. The molecule has 9 nitrogen and oxygen atoms in total. The van der Waals surface area contributed by atoms with Crippen molar-refractivity contribution in [3.05, 3.63) is 53.6 Å². The van der Waals surface area contributed by atoms with E-state index in [1.807, 2.05) is 45.0 Å². The first kappa shape index (κ1) is 32.0. The molecule has 46 heavy (non-hydrogen) atoms. The van der Waals surface area contributed by atoms with Gasteiger partial charge in [0, 0.05) is 41.2 Å². The lowest BCUT2D eigenvalue weighted by atomic mass is 9.81. The molecule has 1 aromatic heterocycles. The van der Waals surface area contributed by atoms with Gasteiger partial charge >= 0.3 is 6.09 Å². The molecule has 246 valence electrons. The van der Waals surface area contributed by atoms with Crippen LogP contribution in [-0.2, 0) is 16.1 Å². The standard InChI is InChI=1S/C37H48N4O5/c1-36(2,3)46-35(44)38-26-17-19-40(20-18-26)34(43)37(4,5)39-33(42)25-15-16-27-29(23-25)41-21-22-45-30-14-10-9-13-28(30)32(41)31(27)24-11-7-6-8-12-24/h9-10,13-16,23-24,26H,6-8,11-12,17-22H2,1-5H3,(H,38,44)(H,39,42). The van der Waals surface area contributed by atoms with E-state index in [1.54, 1.807) is 18.7 Å². The minimum absolute atomic E-state index is 0.0589. The third-order valence-corrected chi connectivity index (χ3v) is 9.56. The molecule has 3 amide bonds. The summed E-state index contributed by atoms with van der Waals surface area (Å²) in [5, 5.41) is 7.15. The summed E-state index contributed by atoms with van der Waals surface area (Å²) in [5.41, 5.74) is 3.60. The lowest BCUT2D eigenvalue weighted by molar-refractivity contribution is -0.137. The van der Waals surface area contributed by atoms with Crippen LogP contribution in [0.1, 0.15) is 101 Å². The molecule has 6 rings (SSSR count). The number of nitrogens with zero attached hydrogens (tertiary/aromatic N) is 2. The fraction of sp³-hybridized carbons (Fsp3) is 0.541. The van der Waals surface area contributed by atoms with Gasteiger partial charge in [0.05, 0.1) is 12.2 Å². The summed E-state index contributed by atoms with van der Waals surface area (Å²) < 4.78 is 13.9. The molecule has 9 heteroatoms. The van der Waals surface area contributed by atoms with Gasteiger partial charge < -0.3 is 29.6 Å². The molecule has 2 aromatic carbocycles. The summed E-state index contributed by atoms with van der Waals surface area (Å²) in [6.07, 6.45) is 6.90. The van der Waals surface area contributed by atoms with Crippen molar-refractivity contribution in [2.24, 2.45) is 0 Å². The third-order valence-electron chi connectivity index (χ3n) is 9.56. The molecular weight excluding hydrogens is 580 g/mol. The highest BCUT2D eigenvalue weighted by Crippen LogP contribution is 2.47. The smallest absolute Gasteiger partial charge is 0.407 e. The van der Waals surface area contributed by atoms with E-state index in [2.05, 4.69) is 33.4 Å². The average Bonchev–Trinajstić information content (AvgIpc) is 3.21. The number of hydrogen-bond acceptors (Lipinski definition) is 5. The van der Waals surface area contributed by atoms with Crippen LogP contribution in [0.2, 0.25) is 0 Å². The van der Waals surface area contributed by atoms with Crippen LogP contribution in [0.3, 0.4) is 0 Å². The molecule has 0 atom stereocenters. The normalized spacial score (nSPS) is 17.8. The van der Waals surface area contributed by atoms with Gasteiger partial charge in [0.25, 0.3) is 5.91 Å². The third kappa shape index (κ3) is 6.60. The Morgan fingerprint density at radius 1 is 0.891 bits per heavy atom. The van der Waals surface area contributed by atoms with Gasteiger partial charge in [-0.3, -0.25) is 9.59 Å². The van der Waals surface area contributed by atoms with Gasteiger partial charge in [0.15, 0.2) is 0 Å². The monoisotopic (exact) mass is 628 g/mol. The fourth-order valence-corrected chi connectivity index (χ4v) is 7.39. The van der Waals surface area contributed by atoms with E-state index in [4.69, 9.17) is 9.47 Å². The average molecular weight is 629 g/mol. The highest BCUT2D eigenvalue weighted by atomic mass is 16.6. The quantitative estimate of drug-likeness (QED) is 0.325. The number of amides is 3. The second-order valence-electron chi connectivity index (χ2n) is 14.6. The predicted molar refractivity (Wildman–Crippen MR) is 179 cm³/mol. The molecular formula is C37H48N4O5. The predicted octanol–water partition coefficient (Wildman–Crippen LogP) is 6.77. The Balaban J connectivity index is 1.20. The molecule has 3 heterocycles. The number of hydrogen-bond donors (Lipinski definition) is 2. The maximum atomic E-state index is 13.7. The number of carbonyl (C=O) groups is 3. The van der Waals surface area contributed by atoms with Gasteiger partial charge in [0.2, 0.25) is 5.91 Å². The van der Waals surface area contributed by atoms with Crippen LogP contribution in [0.15, 0.2) is 42.5 Å². The number of para-hydroxylation sites is 1. The van der Waals surface area contributed by atoms with Crippen molar-refractivity contribution in [2.45, 2.75) is 109 Å². The fourth-order valence-electron chi connectivity index (χ4n) is 7.39. The number of alkyl carbamates (subject to hydrolysis) is 1. The Morgan fingerprint density at radius 3 is 2.33 bits per heavy atom. The molecule has 0 radical (unpaired) electrons. The van der Waals surface area contributed by atoms with Gasteiger partial charge in [-0.15, -0.1) is 0 Å². The number of aromatic nitrogens is 1. The molecule has 0 spiro atoms. The molecule has 1 saturated heterocycles. The maximum absolute atomic E-state index is 13.7. The van der Waals surface area contributed by atoms with Crippen molar-refractivity contribution < 1.29 is 23.9 Å². The molecule has 2 N–H and O–H groups in total. The maximum Gasteiger partial charge on any atom is 0.407 e. The summed E-state index contributed by atoms with van der Waals surface area (Å²) in [7, 11) is 0. The zero-order chi connectivity index (χ0) is 32.6. The Hall–Kier alpha value is -4.01. The number of carbonyl (C=O) groups excluding carboxylic acids is 3. The van der Waals surface area contributed by atoms with Gasteiger partial charge in [-0.25, -0.2) is 4.79 Å². The molecule has 3 aliphatic rings. The second-order valence-corrected chi connectivity index (χ2v) is 14.6. The number of ether oxygens (including phenoxy) is 2. The van der Waals surface area contributed by atoms with Crippen molar-refractivity contribution in [1.82, 2.24) is 20.1 Å². The highest BCUT2D eigenvalue weighted by Gasteiger charge is 2.36. The van der Waals surface area contributed by atoms with E-state index in [9.17, 15) is 14.4 Å². The van der Waals surface area contributed by atoms with E-state index in [0.29, 0.717) is 50.6 Å². The lowest BCUT2D eigenvalue weighted by Crippen LogP contribution is -2.58. The van der Waals surface area contributed by atoms with Crippen molar-refractivity contribution in [3.8, 4) is 17.0 Å². The number of benzene rings is 2. The van der Waals surface area contributed by atoms with E-state index < -0.39 is 17.2 Å². The van der Waals surface area contributed by atoms with Gasteiger partial charge in [-0.05, 0) is 96.0 Å². The Bertz CT molecular complexity index is 1620. The van der Waals surface area contributed by atoms with Crippen molar-refractivity contribution in [1.29, 1.82) is 0 Å². The number of likely N-dealkylation sites (tertiary alicyclic amines) is 1. The largest absolute Gasteiger partial charge is 0.491 e. The number of piperidine rings is 1. The number of fused-ring (bicyclic) bond motifs is 5. The molecule has 1 aliphatic carbocycles. The molecule has 1 saturated carbocycles. The highest BCUT2D eigenvalue weighted by molar-refractivity contribution is 6.03. The first-order valence-electron chi connectivity index (χ1n) is 16.9. The molecule has 2 fully saturated rings. The zero-order valence-corrected chi connectivity index (χ0v) is 27.9. The van der Waals surface area contributed by atoms with Crippen molar-refractivity contribution >= 4 is 28.8 Å². The van der Waals surface area contributed by atoms with Crippen LogP contribution < -0.4 is 15.4 Å². The van der Waals surface area contributed by atoms with Crippen LogP contribution in [0.4, 0.5) is 4.79 Å². The molecule has 0 unspecified atom stereocenters. The van der Waals surface area contributed by atoms with Crippen LogP contribution in [0.25, 0.3) is 22.2 Å². The van der Waals surface area contributed by atoms with E-state index in [0.717, 1.165) is 16.8 Å². The SMILES string of the molecule is CC(C)(C)OC(=O)NC1CCN(C(=O)C(C)(C)NC(=O)c2ccc3c(C4CCCCC4)c4n(c3c2)CCOc2ccccc2-4)CC1. The van der Waals surface area contributed by atoms with E-state index in [-0.39, 0.29) is 17.9 Å². The first-order chi connectivity index (χ1) is 21.9. The van der Waals surface area contributed by atoms with Gasteiger partial charge in [0.1, 0.15) is 23.5 Å². The zero-order valence-electron chi connectivity index (χ0n) is 27.9. The minimum Gasteiger partial charge on any atom is -0.491 e. The second kappa shape index (κ2) is 12.6. The van der Waals surface area contributed by atoms with Crippen LogP contribution in [0.5, 0.6) is 5.75 Å².